The zero-order chi connectivity index (χ0) is 20.6. The number of ether oxygens (including phenoxy) is 1. The first-order valence-electron chi connectivity index (χ1n) is 8.33. The molecule has 146 valence electrons. The molecule has 0 atom stereocenters. The Bertz CT molecular complexity index is 992. The van der Waals surface area contributed by atoms with Crippen LogP contribution in [0.25, 0.3) is 0 Å². The Labute approximate surface area is 163 Å². The lowest BCUT2D eigenvalue weighted by molar-refractivity contribution is -0.112. The highest BCUT2D eigenvalue weighted by atomic mass is 32.2. The zero-order valence-electron chi connectivity index (χ0n) is 15.2. The normalized spacial score (nSPS) is 11.4. The van der Waals surface area contributed by atoms with Gasteiger partial charge < -0.3 is 15.4 Å². The van der Waals surface area contributed by atoms with Crippen LogP contribution in [0.4, 0.5) is 5.69 Å². The highest BCUT2D eigenvalue weighted by molar-refractivity contribution is 7.89. The molecule has 9 heteroatoms. The van der Waals surface area contributed by atoms with E-state index in [2.05, 4.69) is 10.6 Å². The number of hydrogen-bond donors (Lipinski definition) is 3. The van der Waals surface area contributed by atoms with E-state index in [9.17, 15) is 18.5 Å². The second kappa shape index (κ2) is 9.55. The van der Waals surface area contributed by atoms with Crippen molar-refractivity contribution in [2.75, 3.05) is 11.9 Å². The summed E-state index contributed by atoms with van der Waals surface area (Å²) in [5.41, 5.74) is 1.19. The molecular weight excluding hydrogens is 380 g/mol. The Kier molecular flexibility index (Phi) is 7.14. The summed E-state index contributed by atoms with van der Waals surface area (Å²) in [5.74, 6) is 0.135. The Morgan fingerprint density at radius 2 is 1.82 bits per heavy atom. The van der Waals surface area contributed by atoms with E-state index in [1.165, 1.54) is 18.3 Å². The smallest absolute Gasteiger partial charge is 0.267 e. The lowest BCUT2D eigenvalue weighted by Crippen LogP contribution is -2.16. The fraction of sp³-hybridized carbons (Fsp3) is 0.158. The van der Waals surface area contributed by atoms with Crippen molar-refractivity contribution in [3.8, 4) is 11.8 Å². The molecule has 2 rings (SSSR count). The van der Waals surface area contributed by atoms with Gasteiger partial charge in [0.05, 0.1) is 11.5 Å². The van der Waals surface area contributed by atoms with E-state index in [1.807, 2.05) is 13.0 Å². The highest BCUT2D eigenvalue weighted by Crippen LogP contribution is 2.16. The molecule has 0 heterocycles. The van der Waals surface area contributed by atoms with Crippen LogP contribution >= 0.6 is 0 Å². The summed E-state index contributed by atoms with van der Waals surface area (Å²) < 4.78 is 27.8. The SMILES string of the molecule is CCOc1ccc(NC(=O)/C(C#N)=C\NCc2ccc(S(N)(=O)=O)cc2)cc1. The minimum absolute atomic E-state index is 0.0132. The van der Waals surface area contributed by atoms with Crippen molar-refractivity contribution in [3.05, 3.63) is 65.9 Å². The van der Waals surface area contributed by atoms with E-state index in [-0.39, 0.29) is 10.5 Å². The quantitative estimate of drug-likeness (QED) is 0.457. The lowest BCUT2D eigenvalue weighted by Gasteiger charge is -2.07. The summed E-state index contributed by atoms with van der Waals surface area (Å²) in [4.78, 5) is 12.2. The summed E-state index contributed by atoms with van der Waals surface area (Å²) in [6, 6.07) is 14.6. The molecule has 0 bridgehead atoms. The maximum absolute atomic E-state index is 12.2. The molecule has 0 radical (unpaired) electrons. The van der Waals surface area contributed by atoms with Crippen molar-refractivity contribution >= 4 is 21.6 Å². The molecule has 1 amide bonds. The number of nitrogens with zero attached hydrogens (tertiary/aromatic N) is 1. The number of benzene rings is 2. The molecule has 0 spiro atoms. The highest BCUT2D eigenvalue weighted by Gasteiger charge is 2.10. The number of nitrogens with one attached hydrogen (secondary N) is 2. The Hall–Kier alpha value is -3.35. The van der Waals surface area contributed by atoms with E-state index < -0.39 is 15.9 Å². The van der Waals surface area contributed by atoms with Gasteiger partial charge in [0.1, 0.15) is 17.4 Å². The molecule has 0 saturated heterocycles. The molecule has 0 unspecified atom stereocenters. The van der Waals surface area contributed by atoms with E-state index in [0.29, 0.717) is 24.6 Å². The van der Waals surface area contributed by atoms with Crippen LogP contribution in [0.3, 0.4) is 0 Å². The number of carbonyl (C=O) groups is 1. The third kappa shape index (κ3) is 6.12. The first kappa shape index (κ1) is 21.0. The number of sulfonamides is 1. The van der Waals surface area contributed by atoms with Crippen LogP contribution in [0.1, 0.15) is 12.5 Å². The number of primary sulfonamides is 1. The van der Waals surface area contributed by atoms with Crippen LogP contribution in [0.5, 0.6) is 5.75 Å². The largest absolute Gasteiger partial charge is 0.494 e. The van der Waals surface area contributed by atoms with Gasteiger partial charge in [0, 0.05) is 18.4 Å². The van der Waals surface area contributed by atoms with Gasteiger partial charge in [-0.05, 0) is 48.9 Å². The van der Waals surface area contributed by atoms with Crippen LogP contribution in [0.2, 0.25) is 0 Å². The summed E-state index contributed by atoms with van der Waals surface area (Å²) in [5, 5.41) is 19.7. The predicted molar refractivity (Wildman–Crippen MR) is 105 cm³/mol. The fourth-order valence-corrected chi connectivity index (χ4v) is 2.73. The number of rotatable bonds is 8. The summed E-state index contributed by atoms with van der Waals surface area (Å²) >= 11 is 0. The molecule has 28 heavy (non-hydrogen) atoms. The Balaban J connectivity index is 1.95. The molecule has 4 N–H and O–H groups in total. The first-order chi connectivity index (χ1) is 13.3. The van der Waals surface area contributed by atoms with Crippen molar-refractivity contribution in [1.29, 1.82) is 5.26 Å². The van der Waals surface area contributed by atoms with Gasteiger partial charge in [0.2, 0.25) is 10.0 Å². The number of hydrogen-bond acceptors (Lipinski definition) is 6. The molecule has 0 aliphatic rings. The van der Waals surface area contributed by atoms with Crippen LogP contribution in [0, 0.1) is 11.3 Å². The molecule has 0 saturated carbocycles. The second-order valence-corrected chi connectivity index (χ2v) is 7.21. The van der Waals surface area contributed by atoms with Gasteiger partial charge in [0.15, 0.2) is 0 Å². The topological polar surface area (TPSA) is 134 Å². The number of amides is 1. The molecule has 2 aromatic carbocycles. The van der Waals surface area contributed by atoms with Gasteiger partial charge in [-0.1, -0.05) is 12.1 Å². The van der Waals surface area contributed by atoms with E-state index in [0.717, 1.165) is 5.56 Å². The summed E-state index contributed by atoms with van der Waals surface area (Å²) in [7, 11) is -3.74. The van der Waals surface area contributed by atoms with Gasteiger partial charge in [0.25, 0.3) is 5.91 Å². The van der Waals surface area contributed by atoms with Crippen molar-refractivity contribution in [3.63, 3.8) is 0 Å². The van der Waals surface area contributed by atoms with Crippen molar-refractivity contribution in [2.24, 2.45) is 5.14 Å². The maximum atomic E-state index is 12.2. The van der Waals surface area contributed by atoms with Crippen molar-refractivity contribution in [1.82, 2.24) is 5.32 Å². The molecule has 0 fully saturated rings. The average molecular weight is 400 g/mol. The average Bonchev–Trinajstić information content (AvgIpc) is 2.66. The maximum Gasteiger partial charge on any atom is 0.267 e. The Morgan fingerprint density at radius 1 is 1.18 bits per heavy atom. The number of nitrogens with two attached hydrogens (primary N) is 1. The molecule has 0 aliphatic heterocycles. The summed E-state index contributed by atoms with van der Waals surface area (Å²) in [6.45, 7) is 2.72. The zero-order valence-corrected chi connectivity index (χ0v) is 16.0. The first-order valence-corrected chi connectivity index (χ1v) is 9.87. The van der Waals surface area contributed by atoms with Gasteiger partial charge in [-0.25, -0.2) is 13.6 Å². The Morgan fingerprint density at radius 3 is 2.36 bits per heavy atom. The van der Waals surface area contributed by atoms with Gasteiger partial charge >= 0.3 is 0 Å². The van der Waals surface area contributed by atoms with E-state index in [4.69, 9.17) is 9.88 Å². The van der Waals surface area contributed by atoms with Gasteiger partial charge in [-0.2, -0.15) is 5.26 Å². The van der Waals surface area contributed by atoms with Gasteiger partial charge in [-0.15, -0.1) is 0 Å². The minimum atomic E-state index is -3.74. The number of nitriles is 1. The lowest BCUT2D eigenvalue weighted by atomic mass is 10.2. The van der Waals surface area contributed by atoms with Crippen LogP contribution in [-0.2, 0) is 21.4 Å². The predicted octanol–water partition coefficient (Wildman–Crippen LogP) is 1.87. The monoisotopic (exact) mass is 400 g/mol. The summed E-state index contributed by atoms with van der Waals surface area (Å²) in [6.07, 6.45) is 1.30. The molecular formula is C19H20N4O4S. The second-order valence-electron chi connectivity index (χ2n) is 5.65. The van der Waals surface area contributed by atoms with E-state index in [1.54, 1.807) is 36.4 Å². The standard InChI is InChI=1S/C19H20N4O4S/c1-2-27-17-7-5-16(6-8-17)23-19(24)15(11-20)13-22-12-14-3-9-18(10-4-14)28(21,25)26/h3-10,13,22H,2,12H2,1H3,(H,23,24)(H2,21,25,26)/b15-13-. The van der Waals surface area contributed by atoms with Crippen LogP contribution in [0.15, 0.2) is 65.2 Å². The van der Waals surface area contributed by atoms with E-state index >= 15 is 0 Å². The van der Waals surface area contributed by atoms with Gasteiger partial charge in [-0.3, -0.25) is 4.79 Å². The van der Waals surface area contributed by atoms with Crippen molar-refractivity contribution < 1.29 is 17.9 Å². The van der Waals surface area contributed by atoms with Crippen LogP contribution in [-0.4, -0.2) is 20.9 Å². The number of anilines is 1. The number of carbonyl (C=O) groups excluding carboxylic acids is 1. The molecule has 0 aliphatic carbocycles. The minimum Gasteiger partial charge on any atom is -0.494 e. The molecule has 8 nitrogen and oxygen atoms in total. The van der Waals surface area contributed by atoms with Crippen LogP contribution < -0.4 is 20.5 Å². The fourth-order valence-electron chi connectivity index (χ4n) is 2.22. The van der Waals surface area contributed by atoms with Crippen molar-refractivity contribution in [2.45, 2.75) is 18.4 Å². The third-order valence-electron chi connectivity index (χ3n) is 3.59. The molecule has 0 aromatic heterocycles. The third-order valence-corrected chi connectivity index (χ3v) is 4.52. The molecule has 2 aromatic rings.